The Morgan fingerprint density at radius 3 is 2.21 bits per heavy atom. The first-order valence-electron chi connectivity index (χ1n) is 9.61. The molecule has 5 nitrogen and oxygen atoms in total. The molecule has 3 saturated carbocycles. The smallest absolute Gasteiger partial charge is 0.331 e. The van der Waals surface area contributed by atoms with Crippen molar-refractivity contribution in [3.8, 4) is 0 Å². The van der Waals surface area contributed by atoms with Gasteiger partial charge in [-0.2, -0.15) is 0 Å². The van der Waals surface area contributed by atoms with Crippen molar-refractivity contribution in [3.05, 3.63) is 0 Å². The first kappa shape index (κ1) is 17.7. The number of rotatable bonds is 3. The molecule has 24 heavy (non-hydrogen) atoms. The van der Waals surface area contributed by atoms with Gasteiger partial charge in [0.1, 0.15) is 5.54 Å². The lowest BCUT2D eigenvalue weighted by Gasteiger charge is -2.45. The monoisotopic (exact) mass is 336 g/mol. The summed E-state index contributed by atoms with van der Waals surface area (Å²) in [5.41, 5.74) is 5.52. The summed E-state index contributed by atoms with van der Waals surface area (Å²) >= 11 is 0. The summed E-state index contributed by atoms with van der Waals surface area (Å²) < 4.78 is 5.03. The third-order valence-electron chi connectivity index (χ3n) is 6.85. The molecule has 0 radical (unpaired) electrons. The van der Waals surface area contributed by atoms with Gasteiger partial charge in [-0.25, -0.2) is 4.79 Å². The number of carbonyl (C=O) groups is 2. The normalized spacial score (nSPS) is 42.2. The van der Waals surface area contributed by atoms with Crippen LogP contribution in [0.5, 0.6) is 0 Å². The minimum Gasteiger partial charge on any atom is -0.467 e. The van der Waals surface area contributed by atoms with Crippen LogP contribution < -0.4 is 11.1 Å². The second-order valence-corrected chi connectivity index (χ2v) is 8.44. The highest BCUT2D eigenvalue weighted by atomic mass is 16.5. The molecule has 0 aromatic rings. The summed E-state index contributed by atoms with van der Waals surface area (Å²) in [5, 5.41) is 3.12. The Labute approximate surface area is 145 Å². The van der Waals surface area contributed by atoms with Gasteiger partial charge in [0.2, 0.25) is 5.91 Å². The molecule has 0 aromatic heterocycles. The highest BCUT2D eigenvalue weighted by Crippen LogP contribution is 2.42. The van der Waals surface area contributed by atoms with Gasteiger partial charge in [-0.1, -0.05) is 13.3 Å². The van der Waals surface area contributed by atoms with Gasteiger partial charge < -0.3 is 15.8 Å². The number of amides is 1. The highest BCUT2D eigenvalue weighted by molar-refractivity contribution is 5.89. The second-order valence-electron chi connectivity index (χ2n) is 8.44. The van der Waals surface area contributed by atoms with E-state index < -0.39 is 5.54 Å². The maximum absolute atomic E-state index is 13.0. The van der Waals surface area contributed by atoms with Gasteiger partial charge in [0.15, 0.2) is 0 Å². The number of nitrogens with one attached hydrogen (secondary N) is 1. The van der Waals surface area contributed by atoms with E-state index in [1.165, 1.54) is 13.5 Å². The van der Waals surface area contributed by atoms with Crippen molar-refractivity contribution in [1.82, 2.24) is 5.32 Å². The van der Waals surface area contributed by atoms with Crippen LogP contribution in [0, 0.1) is 23.7 Å². The number of ether oxygens (including phenoxy) is 1. The van der Waals surface area contributed by atoms with Crippen molar-refractivity contribution in [2.75, 3.05) is 7.11 Å². The van der Waals surface area contributed by atoms with Crippen molar-refractivity contribution in [2.24, 2.45) is 29.4 Å². The van der Waals surface area contributed by atoms with E-state index in [0.29, 0.717) is 30.6 Å². The lowest BCUT2D eigenvalue weighted by molar-refractivity contribution is -0.154. The number of fused-ring (bicyclic) bond motifs is 2. The number of hydrogen-bond acceptors (Lipinski definition) is 4. The summed E-state index contributed by atoms with van der Waals surface area (Å²) in [6, 6.07) is 0.257. The Balaban J connectivity index is 1.69. The van der Waals surface area contributed by atoms with Crippen LogP contribution >= 0.6 is 0 Å². The van der Waals surface area contributed by atoms with E-state index in [1.807, 2.05) is 0 Å². The quantitative estimate of drug-likeness (QED) is 0.775. The average Bonchev–Trinajstić information content (AvgIpc) is 2.56. The predicted octanol–water partition coefficient (Wildman–Crippen LogP) is 2.38. The lowest BCUT2D eigenvalue weighted by Crippen LogP contribution is -2.59. The van der Waals surface area contributed by atoms with Gasteiger partial charge in [-0.15, -0.1) is 0 Å². The minimum atomic E-state index is -0.812. The SMILES string of the molecule is COC(=O)C1(NC(=O)C2CC3CCCC(C2)C3N)CCC(C)CC1. The third kappa shape index (κ3) is 3.32. The number of carbonyl (C=O) groups excluding carboxylic acids is 2. The zero-order valence-corrected chi connectivity index (χ0v) is 15.1. The summed E-state index contributed by atoms with van der Waals surface area (Å²) in [7, 11) is 1.41. The Morgan fingerprint density at radius 2 is 1.67 bits per heavy atom. The van der Waals surface area contributed by atoms with Crippen LogP contribution in [0.2, 0.25) is 0 Å². The largest absolute Gasteiger partial charge is 0.467 e. The van der Waals surface area contributed by atoms with Gasteiger partial charge >= 0.3 is 5.97 Å². The first-order chi connectivity index (χ1) is 11.4. The van der Waals surface area contributed by atoms with Crippen LogP contribution in [0.1, 0.15) is 64.7 Å². The van der Waals surface area contributed by atoms with Crippen LogP contribution in [0.25, 0.3) is 0 Å². The van der Waals surface area contributed by atoms with Crippen LogP contribution in [0.4, 0.5) is 0 Å². The van der Waals surface area contributed by atoms with Crippen molar-refractivity contribution >= 4 is 11.9 Å². The summed E-state index contributed by atoms with van der Waals surface area (Å²) in [6.45, 7) is 2.20. The Kier molecular flexibility index (Phi) is 5.19. The standard InChI is InChI=1S/C19H32N2O3/c1-12-6-8-19(9-7-12,18(23)24-2)21-17(22)15-10-13-4-3-5-14(11-15)16(13)20/h12-16H,3-11,20H2,1-2H3,(H,21,22). The van der Waals surface area contributed by atoms with Crippen molar-refractivity contribution in [2.45, 2.75) is 76.3 Å². The molecule has 3 N–H and O–H groups in total. The topological polar surface area (TPSA) is 81.4 Å². The summed E-state index contributed by atoms with van der Waals surface area (Å²) in [6.07, 6.45) is 8.54. The molecule has 0 heterocycles. The van der Waals surface area contributed by atoms with Crippen molar-refractivity contribution in [3.63, 3.8) is 0 Å². The van der Waals surface area contributed by atoms with E-state index in [4.69, 9.17) is 10.5 Å². The van der Waals surface area contributed by atoms with Gasteiger partial charge in [0.25, 0.3) is 0 Å². The molecule has 2 atom stereocenters. The fraction of sp³-hybridized carbons (Fsp3) is 0.895. The van der Waals surface area contributed by atoms with Crippen LogP contribution in [-0.2, 0) is 14.3 Å². The molecule has 0 aromatic carbocycles. The van der Waals surface area contributed by atoms with E-state index in [9.17, 15) is 9.59 Å². The lowest BCUT2D eigenvalue weighted by atomic mass is 9.64. The maximum Gasteiger partial charge on any atom is 0.331 e. The number of nitrogens with two attached hydrogens (primary N) is 1. The molecule has 5 heteroatoms. The van der Waals surface area contributed by atoms with Crippen LogP contribution in [0.15, 0.2) is 0 Å². The van der Waals surface area contributed by atoms with Gasteiger partial charge in [0, 0.05) is 12.0 Å². The van der Waals surface area contributed by atoms with E-state index in [0.717, 1.165) is 38.5 Å². The molecule has 1 amide bonds. The molecule has 2 unspecified atom stereocenters. The third-order valence-corrected chi connectivity index (χ3v) is 6.85. The van der Waals surface area contributed by atoms with Gasteiger partial charge in [-0.3, -0.25) is 4.79 Å². The summed E-state index contributed by atoms with van der Waals surface area (Å²) in [4.78, 5) is 25.4. The fourth-order valence-corrected chi connectivity index (χ4v) is 5.17. The zero-order valence-electron chi connectivity index (χ0n) is 15.1. The Hall–Kier alpha value is -1.10. The molecule has 0 saturated heterocycles. The minimum absolute atomic E-state index is 0.000908. The molecule has 0 aliphatic heterocycles. The molecule has 3 fully saturated rings. The van der Waals surface area contributed by atoms with E-state index in [1.54, 1.807) is 0 Å². The second kappa shape index (κ2) is 7.03. The average molecular weight is 336 g/mol. The van der Waals surface area contributed by atoms with Crippen molar-refractivity contribution in [1.29, 1.82) is 0 Å². The van der Waals surface area contributed by atoms with E-state index in [-0.39, 0.29) is 23.8 Å². The first-order valence-corrected chi connectivity index (χ1v) is 9.61. The summed E-state index contributed by atoms with van der Waals surface area (Å²) in [5.74, 6) is 1.30. The molecule has 3 aliphatic carbocycles. The number of hydrogen-bond donors (Lipinski definition) is 2. The zero-order chi connectivity index (χ0) is 17.3. The number of esters is 1. The molecule has 136 valence electrons. The predicted molar refractivity (Wildman–Crippen MR) is 92.1 cm³/mol. The van der Waals surface area contributed by atoms with Crippen LogP contribution in [-0.4, -0.2) is 30.6 Å². The van der Waals surface area contributed by atoms with Crippen LogP contribution in [0.3, 0.4) is 0 Å². The molecule has 3 aliphatic rings. The fourth-order valence-electron chi connectivity index (χ4n) is 5.17. The molecule has 3 rings (SSSR count). The van der Waals surface area contributed by atoms with E-state index in [2.05, 4.69) is 12.2 Å². The van der Waals surface area contributed by atoms with Gasteiger partial charge in [-0.05, 0) is 69.1 Å². The number of methoxy groups -OCH3 is 1. The molecule has 0 spiro atoms. The molecule has 2 bridgehead atoms. The Bertz CT molecular complexity index is 471. The molecular formula is C19H32N2O3. The highest BCUT2D eigenvalue weighted by Gasteiger charge is 2.46. The van der Waals surface area contributed by atoms with Crippen molar-refractivity contribution < 1.29 is 14.3 Å². The van der Waals surface area contributed by atoms with E-state index >= 15 is 0 Å². The van der Waals surface area contributed by atoms with Gasteiger partial charge in [0.05, 0.1) is 7.11 Å². The molecular weight excluding hydrogens is 304 g/mol. The Morgan fingerprint density at radius 1 is 1.08 bits per heavy atom. The maximum atomic E-state index is 13.0.